The van der Waals surface area contributed by atoms with Gasteiger partial charge in [0.1, 0.15) is 0 Å². The molecule has 0 unspecified atom stereocenters. The van der Waals surface area contributed by atoms with Crippen LogP contribution < -0.4 is 5.73 Å². The number of rotatable bonds is 2. The fourth-order valence-corrected chi connectivity index (χ4v) is 2.01. The van der Waals surface area contributed by atoms with Crippen LogP contribution in [-0.2, 0) is 0 Å². The fraction of sp³-hybridized carbons (Fsp3) is 0.308. The molecular formula is C13H15N3. The Balaban J connectivity index is 2.00. The highest BCUT2D eigenvalue weighted by Gasteiger charge is 2.24. The van der Waals surface area contributed by atoms with Crippen molar-refractivity contribution in [3.8, 4) is 11.1 Å². The molecule has 82 valence electrons. The van der Waals surface area contributed by atoms with Gasteiger partial charge in [-0.15, -0.1) is 0 Å². The topological polar surface area (TPSA) is 43.8 Å². The van der Waals surface area contributed by atoms with Gasteiger partial charge in [0.05, 0.1) is 12.2 Å². The minimum atomic E-state index is 0.635. The normalized spacial score (nSPS) is 15.3. The molecule has 1 aliphatic rings. The van der Waals surface area contributed by atoms with Crippen LogP contribution in [0.1, 0.15) is 24.4 Å². The molecule has 0 radical (unpaired) electrons. The zero-order chi connectivity index (χ0) is 11.1. The Hall–Kier alpha value is -1.77. The van der Waals surface area contributed by atoms with E-state index in [-0.39, 0.29) is 0 Å². The number of hydrogen-bond acceptors (Lipinski definition) is 2. The van der Waals surface area contributed by atoms with E-state index in [2.05, 4.69) is 29.0 Å². The summed E-state index contributed by atoms with van der Waals surface area (Å²) < 4.78 is 2.06. The lowest BCUT2D eigenvalue weighted by Gasteiger charge is -2.02. The second-order valence-electron chi connectivity index (χ2n) is 4.57. The van der Waals surface area contributed by atoms with Crippen LogP contribution >= 0.6 is 0 Å². The first kappa shape index (κ1) is 9.46. The number of aryl methyl sites for hydroxylation is 1. The van der Waals surface area contributed by atoms with E-state index in [1.54, 1.807) is 0 Å². The Morgan fingerprint density at radius 2 is 2.06 bits per heavy atom. The fourth-order valence-electron chi connectivity index (χ4n) is 2.01. The smallest absolute Gasteiger partial charge is 0.0568 e. The first-order chi connectivity index (χ1) is 7.72. The number of hydrogen-bond donors (Lipinski definition) is 1. The van der Waals surface area contributed by atoms with Gasteiger partial charge < -0.3 is 5.73 Å². The molecular weight excluding hydrogens is 198 g/mol. The summed E-state index contributed by atoms with van der Waals surface area (Å²) in [7, 11) is 0. The average molecular weight is 213 g/mol. The van der Waals surface area contributed by atoms with E-state index in [4.69, 9.17) is 5.73 Å². The molecule has 0 amide bonds. The number of nitrogens with zero attached hydrogens (tertiary/aromatic N) is 2. The van der Waals surface area contributed by atoms with Gasteiger partial charge in [-0.3, -0.25) is 4.68 Å². The Morgan fingerprint density at radius 1 is 1.25 bits per heavy atom. The maximum absolute atomic E-state index is 5.85. The second kappa shape index (κ2) is 3.37. The summed E-state index contributed by atoms with van der Waals surface area (Å²) in [5.74, 6) is 0. The van der Waals surface area contributed by atoms with Gasteiger partial charge in [-0.05, 0) is 43.0 Å². The number of nitrogen functional groups attached to an aromatic ring is 1. The highest BCUT2D eigenvalue weighted by Crippen LogP contribution is 2.35. The first-order valence-corrected chi connectivity index (χ1v) is 5.64. The Morgan fingerprint density at radius 3 is 2.75 bits per heavy atom. The van der Waals surface area contributed by atoms with Gasteiger partial charge in [-0.1, -0.05) is 6.07 Å². The molecule has 3 rings (SSSR count). The molecule has 1 saturated carbocycles. The third kappa shape index (κ3) is 1.69. The van der Waals surface area contributed by atoms with Crippen LogP contribution in [0.25, 0.3) is 11.1 Å². The maximum atomic E-state index is 5.85. The van der Waals surface area contributed by atoms with Crippen molar-refractivity contribution in [1.29, 1.82) is 0 Å². The quantitative estimate of drug-likeness (QED) is 0.779. The molecule has 1 aromatic heterocycles. The van der Waals surface area contributed by atoms with Gasteiger partial charge in [-0.2, -0.15) is 5.10 Å². The predicted octanol–water partition coefficient (Wildman–Crippen LogP) is 2.78. The molecule has 1 heterocycles. The van der Waals surface area contributed by atoms with Crippen LogP contribution in [0.15, 0.2) is 30.6 Å². The van der Waals surface area contributed by atoms with Crippen molar-refractivity contribution < 1.29 is 0 Å². The molecule has 2 aromatic rings. The predicted molar refractivity (Wildman–Crippen MR) is 65.1 cm³/mol. The summed E-state index contributed by atoms with van der Waals surface area (Å²) in [6.07, 6.45) is 6.56. The third-order valence-electron chi connectivity index (χ3n) is 2.96. The summed E-state index contributed by atoms with van der Waals surface area (Å²) in [4.78, 5) is 0. The molecule has 16 heavy (non-hydrogen) atoms. The standard InChI is InChI=1S/C13H15N3/c1-9-4-10(6-12(14)5-9)11-7-15-16(8-11)13-2-3-13/h4-8,13H,2-3,14H2,1H3. The zero-order valence-corrected chi connectivity index (χ0v) is 9.35. The van der Waals surface area contributed by atoms with Gasteiger partial charge in [0.2, 0.25) is 0 Å². The Kier molecular flexibility index (Phi) is 1.99. The van der Waals surface area contributed by atoms with E-state index in [1.165, 1.54) is 18.4 Å². The molecule has 3 heteroatoms. The van der Waals surface area contributed by atoms with Crippen LogP contribution in [0, 0.1) is 6.92 Å². The highest BCUT2D eigenvalue weighted by atomic mass is 15.3. The van der Waals surface area contributed by atoms with E-state index in [0.717, 1.165) is 16.8 Å². The van der Waals surface area contributed by atoms with Crippen molar-refractivity contribution in [2.24, 2.45) is 0 Å². The summed E-state index contributed by atoms with van der Waals surface area (Å²) in [5.41, 5.74) is 10.2. The molecule has 1 aromatic carbocycles. The largest absolute Gasteiger partial charge is 0.399 e. The minimum absolute atomic E-state index is 0.635. The van der Waals surface area contributed by atoms with E-state index in [1.807, 2.05) is 18.3 Å². The van der Waals surface area contributed by atoms with Gasteiger partial charge in [0, 0.05) is 17.4 Å². The van der Waals surface area contributed by atoms with E-state index in [9.17, 15) is 0 Å². The molecule has 2 N–H and O–H groups in total. The summed E-state index contributed by atoms with van der Waals surface area (Å²) in [6.45, 7) is 2.06. The number of benzene rings is 1. The SMILES string of the molecule is Cc1cc(N)cc(-c2cnn(C3CC3)c2)c1. The minimum Gasteiger partial charge on any atom is -0.399 e. The van der Waals surface area contributed by atoms with Crippen molar-refractivity contribution in [2.75, 3.05) is 5.73 Å². The lowest BCUT2D eigenvalue weighted by molar-refractivity contribution is 0.642. The summed E-state index contributed by atoms with van der Waals surface area (Å²) in [5, 5.41) is 4.39. The number of nitrogens with two attached hydrogens (primary N) is 1. The second-order valence-corrected chi connectivity index (χ2v) is 4.57. The third-order valence-corrected chi connectivity index (χ3v) is 2.96. The van der Waals surface area contributed by atoms with Crippen molar-refractivity contribution in [1.82, 2.24) is 9.78 Å². The van der Waals surface area contributed by atoms with Crippen LogP contribution in [0.4, 0.5) is 5.69 Å². The van der Waals surface area contributed by atoms with E-state index >= 15 is 0 Å². The first-order valence-electron chi connectivity index (χ1n) is 5.64. The highest BCUT2D eigenvalue weighted by molar-refractivity contribution is 5.67. The molecule has 3 nitrogen and oxygen atoms in total. The van der Waals surface area contributed by atoms with E-state index < -0.39 is 0 Å². The van der Waals surface area contributed by atoms with Crippen molar-refractivity contribution >= 4 is 5.69 Å². The van der Waals surface area contributed by atoms with Crippen LogP contribution in [-0.4, -0.2) is 9.78 Å². The molecule has 0 bridgehead atoms. The van der Waals surface area contributed by atoms with E-state index in [0.29, 0.717) is 6.04 Å². The van der Waals surface area contributed by atoms with Gasteiger partial charge in [0.25, 0.3) is 0 Å². The molecule has 1 aliphatic carbocycles. The summed E-state index contributed by atoms with van der Waals surface area (Å²) >= 11 is 0. The van der Waals surface area contributed by atoms with Crippen LogP contribution in [0.2, 0.25) is 0 Å². The molecule has 0 saturated heterocycles. The maximum Gasteiger partial charge on any atom is 0.0568 e. The zero-order valence-electron chi connectivity index (χ0n) is 9.35. The molecule has 0 aliphatic heterocycles. The van der Waals surface area contributed by atoms with Crippen LogP contribution in [0.3, 0.4) is 0 Å². The number of anilines is 1. The van der Waals surface area contributed by atoms with Crippen molar-refractivity contribution in [3.05, 3.63) is 36.2 Å². The lowest BCUT2D eigenvalue weighted by atomic mass is 10.1. The van der Waals surface area contributed by atoms with Crippen LogP contribution in [0.5, 0.6) is 0 Å². The number of aromatic nitrogens is 2. The molecule has 0 spiro atoms. The Labute approximate surface area is 94.9 Å². The van der Waals surface area contributed by atoms with Gasteiger partial charge in [0.15, 0.2) is 0 Å². The Bertz CT molecular complexity index is 503. The summed E-state index contributed by atoms with van der Waals surface area (Å²) in [6, 6.07) is 6.76. The lowest BCUT2D eigenvalue weighted by Crippen LogP contribution is -1.92. The molecule has 1 fully saturated rings. The van der Waals surface area contributed by atoms with Gasteiger partial charge >= 0.3 is 0 Å². The van der Waals surface area contributed by atoms with Crippen molar-refractivity contribution in [2.45, 2.75) is 25.8 Å². The van der Waals surface area contributed by atoms with Gasteiger partial charge in [-0.25, -0.2) is 0 Å². The molecule has 0 atom stereocenters. The average Bonchev–Trinajstić information content (AvgIpc) is 2.95. The monoisotopic (exact) mass is 213 g/mol. The van der Waals surface area contributed by atoms with Crippen molar-refractivity contribution in [3.63, 3.8) is 0 Å².